The van der Waals surface area contributed by atoms with E-state index in [9.17, 15) is 28.2 Å². The first-order valence-corrected chi connectivity index (χ1v) is 15.3. The second-order valence-electron chi connectivity index (χ2n) is 11.6. The van der Waals surface area contributed by atoms with Crippen molar-refractivity contribution in [3.05, 3.63) is 59.4 Å². The molecule has 39 heavy (non-hydrogen) atoms. The number of Topliss-reactive ketones (excluding diaryl/α,β-unsaturated/α-hetero) is 2. The minimum atomic E-state index is -3.32. The van der Waals surface area contributed by atoms with Crippen LogP contribution in [0, 0.1) is 11.8 Å². The molecule has 1 aromatic heterocycles. The predicted octanol–water partition coefficient (Wildman–Crippen LogP) is 4.20. The molecule has 1 saturated carbocycles. The number of carbonyl (C=O) groups excluding carboxylic acids is 2. The lowest BCUT2D eigenvalue weighted by Crippen LogP contribution is -2.28. The van der Waals surface area contributed by atoms with E-state index in [2.05, 4.69) is 4.98 Å². The van der Waals surface area contributed by atoms with Crippen molar-refractivity contribution in [2.75, 3.05) is 13.2 Å². The highest BCUT2D eigenvalue weighted by molar-refractivity contribution is 7.92. The number of carbonyl (C=O) groups is 2. The maximum atomic E-state index is 13.6. The van der Waals surface area contributed by atoms with Crippen LogP contribution in [0.3, 0.4) is 0 Å². The monoisotopic (exact) mass is 557 g/mol. The third-order valence-electron chi connectivity index (χ3n) is 7.85. The van der Waals surface area contributed by atoms with E-state index in [0.717, 1.165) is 18.4 Å². The van der Waals surface area contributed by atoms with Gasteiger partial charge in [0.05, 0.1) is 15.7 Å². The number of benzene rings is 1. The number of pyridine rings is 1. The Morgan fingerprint density at radius 3 is 2.18 bits per heavy atom. The fourth-order valence-electron chi connectivity index (χ4n) is 5.14. The Labute approximate surface area is 230 Å². The molecule has 9 heteroatoms. The minimum absolute atomic E-state index is 0.0323. The Morgan fingerprint density at radius 2 is 1.64 bits per heavy atom. The van der Waals surface area contributed by atoms with E-state index in [-0.39, 0.29) is 28.9 Å². The number of ether oxygens (including phenoxy) is 1. The van der Waals surface area contributed by atoms with Gasteiger partial charge in [-0.15, -0.1) is 0 Å². The number of nitrogens with zero attached hydrogens (tertiary/aromatic N) is 1. The molecule has 0 amide bonds. The van der Waals surface area contributed by atoms with Crippen LogP contribution in [0.25, 0.3) is 0 Å². The maximum absolute atomic E-state index is 13.6. The lowest BCUT2D eigenvalue weighted by Gasteiger charge is -2.27. The van der Waals surface area contributed by atoms with Crippen molar-refractivity contribution in [2.45, 2.75) is 87.1 Å². The largest absolute Gasteiger partial charge is 0.387 e. The van der Waals surface area contributed by atoms with Gasteiger partial charge in [0.15, 0.2) is 15.6 Å². The number of sulfone groups is 1. The molecule has 0 bridgehead atoms. The van der Waals surface area contributed by atoms with Gasteiger partial charge in [0.2, 0.25) is 0 Å². The van der Waals surface area contributed by atoms with Crippen LogP contribution in [0.15, 0.2) is 47.5 Å². The quantitative estimate of drug-likeness (QED) is 0.371. The van der Waals surface area contributed by atoms with Gasteiger partial charge in [-0.25, -0.2) is 8.42 Å². The number of hydrogen-bond acceptors (Lipinski definition) is 8. The Balaban J connectivity index is 1.48. The summed E-state index contributed by atoms with van der Waals surface area (Å²) in [4.78, 5) is 31.2. The smallest absolute Gasteiger partial charge is 0.184 e. The molecule has 1 aliphatic heterocycles. The first kappa shape index (κ1) is 29.5. The number of hydrogen-bond donors (Lipinski definition) is 2. The van der Waals surface area contributed by atoms with E-state index < -0.39 is 33.4 Å². The average molecular weight is 558 g/mol. The summed E-state index contributed by atoms with van der Waals surface area (Å²) in [5.41, 5.74) is 0.000171. The molecule has 1 aliphatic carbocycles. The molecular weight excluding hydrogens is 518 g/mol. The Kier molecular flexibility index (Phi) is 9.05. The second kappa shape index (κ2) is 12.0. The van der Waals surface area contributed by atoms with E-state index in [1.807, 2.05) is 0 Å². The summed E-state index contributed by atoms with van der Waals surface area (Å²) in [7, 11) is -3.32. The van der Waals surface area contributed by atoms with Gasteiger partial charge in [-0.2, -0.15) is 0 Å². The molecule has 2 aromatic rings. The number of rotatable bonds is 12. The SMILES string of the molecule is CC(CC(=O)C(CC1CCOCC1)c1ccc(S(=O)(=O)C2CC2)cc1)C(=O)c1ccc(C(O)C(C)(C)O)cn1. The highest BCUT2D eigenvalue weighted by Crippen LogP contribution is 2.36. The Hall–Kier alpha value is -2.46. The van der Waals surface area contributed by atoms with Crippen molar-refractivity contribution in [1.82, 2.24) is 4.98 Å². The first-order valence-electron chi connectivity index (χ1n) is 13.7. The lowest BCUT2D eigenvalue weighted by atomic mass is 9.80. The molecule has 3 atom stereocenters. The third kappa shape index (κ3) is 7.20. The van der Waals surface area contributed by atoms with Crippen molar-refractivity contribution in [2.24, 2.45) is 11.8 Å². The van der Waals surface area contributed by atoms with Crippen LogP contribution in [0.5, 0.6) is 0 Å². The molecule has 212 valence electrons. The van der Waals surface area contributed by atoms with E-state index in [0.29, 0.717) is 48.9 Å². The van der Waals surface area contributed by atoms with Gasteiger partial charge in [-0.1, -0.05) is 25.1 Å². The van der Waals surface area contributed by atoms with E-state index >= 15 is 0 Å². The molecule has 8 nitrogen and oxygen atoms in total. The molecule has 1 saturated heterocycles. The summed E-state index contributed by atoms with van der Waals surface area (Å²) < 4.78 is 30.8. The Morgan fingerprint density at radius 1 is 1.03 bits per heavy atom. The van der Waals surface area contributed by atoms with Crippen LogP contribution in [0.2, 0.25) is 0 Å². The molecule has 2 heterocycles. The minimum Gasteiger partial charge on any atom is -0.387 e. The summed E-state index contributed by atoms with van der Waals surface area (Å²) in [6.07, 6.45) is 3.99. The summed E-state index contributed by atoms with van der Waals surface area (Å²) in [5.74, 6) is -1.08. The number of aliphatic hydroxyl groups is 2. The topological polar surface area (TPSA) is 131 Å². The normalized spacial score (nSPS) is 19.3. The zero-order valence-electron chi connectivity index (χ0n) is 22.9. The summed E-state index contributed by atoms with van der Waals surface area (Å²) in [6, 6.07) is 9.77. The predicted molar refractivity (Wildman–Crippen MR) is 146 cm³/mol. The fourth-order valence-corrected chi connectivity index (χ4v) is 6.80. The summed E-state index contributed by atoms with van der Waals surface area (Å²) in [5, 5.41) is 20.0. The van der Waals surface area contributed by atoms with Crippen LogP contribution in [-0.2, 0) is 19.4 Å². The fraction of sp³-hybridized carbons (Fsp3) is 0.567. The van der Waals surface area contributed by atoms with Gasteiger partial charge in [0.25, 0.3) is 0 Å². The van der Waals surface area contributed by atoms with Crippen molar-refractivity contribution in [1.29, 1.82) is 0 Å². The lowest BCUT2D eigenvalue weighted by molar-refractivity contribution is -0.121. The zero-order valence-corrected chi connectivity index (χ0v) is 23.7. The van der Waals surface area contributed by atoms with E-state index in [4.69, 9.17) is 4.74 Å². The van der Waals surface area contributed by atoms with E-state index in [1.54, 1.807) is 37.3 Å². The highest BCUT2D eigenvalue weighted by atomic mass is 32.2. The van der Waals surface area contributed by atoms with Crippen molar-refractivity contribution >= 4 is 21.4 Å². The number of ketones is 2. The van der Waals surface area contributed by atoms with Crippen molar-refractivity contribution < 1.29 is 33.0 Å². The van der Waals surface area contributed by atoms with Gasteiger partial charge < -0.3 is 14.9 Å². The van der Waals surface area contributed by atoms with Crippen LogP contribution in [0.1, 0.15) is 92.9 Å². The van der Waals surface area contributed by atoms with Gasteiger partial charge in [-0.3, -0.25) is 14.6 Å². The second-order valence-corrected chi connectivity index (χ2v) is 13.9. The average Bonchev–Trinajstić information content (AvgIpc) is 3.77. The van der Waals surface area contributed by atoms with Gasteiger partial charge in [0, 0.05) is 43.2 Å². The third-order valence-corrected chi connectivity index (χ3v) is 10.1. The molecule has 2 fully saturated rings. The van der Waals surface area contributed by atoms with Crippen molar-refractivity contribution in [3.8, 4) is 0 Å². The number of aromatic nitrogens is 1. The molecule has 0 spiro atoms. The van der Waals surface area contributed by atoms with Crippen LogP contribution >= 0.6 is 0 Å². The molecule has 4 rings (SSSR count). The highest BCUT2D eigenvalue weighted by Gasteiger charge is 2.37. The van der Waals surface area contributed by atoms with Gasteiger partial charge >= 0.3 is 0 Å². The first-order chi connectivity index (χ1) is 18.4. The van der Waals surface area contributed by atoms with Crippen LogP contribution in [0.4, 0.5) is 0 Å². The van der Waals surface area contributed by atoms with Gasteiger partial charge in [0.1, 0.15) is 17.6 Å². The molecule has 2 aliphatic rings. The van der Waals surface area contributed by atoms with Crippen LogP contribution in [-0.4, -0.2) is 59.2 Å². The molecular formula is C30H39NO7S. The molecule has 1 aromatic carbocycles. The molecule has 0 radical (unpaired) electrons. The standard InChI is InChI=1S/C30H39NO7S/c1-19(28(33)26-11-6-22(18-31-26)29(34)30(2,3)35)16-27(32)25(17-20-12-14-38-15-13-20)21-4-7-23(8-5-21)39(36,37)24-9-10-24/h4-8,11,18-20,24-25,29,34-35H,9-10,12-17H2,1-3H3. The van der Waals surface area contributed by atoms with Gasteiger partial charge in [-0.05, 0) is 75.6 Å². The van der Waals surface area contributed by atoms with E-state index in [1.165, 1.54) is 26.1 Å². The maximum Gasteiger partial charge on any atom is 0.184 e. The van der Waals surface area contributed by atoms with Crippen LogP contribution < -0.4 is 0 Å². The van der Waals surface area contributed by atoms with Crippen molar-refractivity contribution in [3.63, 3.8) is 0 Å². The number of aliphatic hydroxyl groups excluding tert-OH is 1. The summed E-state index contributed by atoms with van der Waals surface area (Å²) in [6.45, 7) is 5.99. The Bertz CT molecular complexity index is 1260. The summed E-state index contributed by atoms with van der Waals surface area (Å²) >= 11 is 0. The zero-order chi connectivity index (χ0) is 28.4. The molecule has 2 N–H and O–H groups in total. The molecule has 3 unspecified atom stereocenters.